The number of ether oxygens (including phenoxy) is 1. The Morgan fingerprint density at radius 1 is 1.44 bits per heavy atom. The minimum Gasteiger partial charge on any atom is -0.495 e. The molecule has 0 radical (unpaired) electrons. The minimum atomic E-state index is 0.331. The molecule has 0 aromatic carbocycles. The highest BCUT2D eigenvalue weighted by Crippen LogP contribution is 2.25. The van der Waals surface area contributed by atoms with Crippen molar-refractivity contribution in [3.05, 3.63) is 35.2 Å². The molecule has 2 rings (SSSR count). The summed E-state index contributed by atoms with van der Waals surface area (Å²) in [4.78, 5) is 12.4. The summed E-state index contributed by atoms with van der Waals surface area (Å²) in [6, 6.07) is 5.18. The number of hydrogen-bond donors (Lipinski definition) is 1. The monoisotopic (exact) mass is 282 g/mol. The molecule has 0 bridgehead atoms. The van der Waals surface area contributed by atoms with Crippen LogP contribution < -0.4 is 10.5 Å². The second-order valence-corrected chi connectivity index (χ2v) is 4.67. The van der Waals surface area contributed by atoms with E-state index < -0.39 is 0 Å². The Balaban J connectivity index is 2.11. The van der Waals surface area contributed by atoms with Crippen LogP contribution in [0.2, 0.25) is 5.15 Å². The summed E-state index contributed by atoms with van der Waals surface area (Å²) < 4.78 is 5.21. The molecular formula is C11H11ClN4OS. The summed E-state index contributed by atoms with van der Waals surface area (Å²) >= 11 is 7.21. The van der Waals surface area contributed by atoms with Gasteiger partial charge in [-0.15, -0.1) is 0 Å². The maximum atomic E-state index is 5.81. The van der Waals surface area contributed by atoms with Crippen LogP contribution in [0.15, 0.2) is 29.6 Å². The van der Waals surface area contributed by atoms with Gasteiger partial charge in [0.1, 0.15) is 16.7 Å². The van der Waals surface area contributed by atoms with Gasteiger partial charge in [-0.3, -0.25) is 4.98 Å². The molecule has 0 unspecified atom stereocenters. The number of anilines is 1. The lowest BCUT2D eigenvalue weighted by molar-refractivity contribution is 0.409. The van der Waals surface area contributed by atoms with Crippen LogP contribution in [0.25, 0.3) is 0 Å². The highest BCUT2D eigenvalue weighted by Gasteiger charge is 2.07. The van der Waals surface area contributed by atoms with Crippen molar-refractivity contribution in [2.45, 2.75) is 10.9 Å². The van der Waals surface area contributed by atoms with Gasteiger partial charge in [0.2, 0.25) is 0 Å². The van der Waals surface area contributed by atoms with E-state index in [1.54, 1.807) is 13.3 Å². The molecule has 18 heavy (non-hydrogen) atoms. The lowest BCUT2D eigenvalue weighted by Gasteiger charge is -2.06. The zero-order valence-corrected chi connectivity index (χ0v) is 11.2. The standard InChI is InChI=1S/C11H11ClN4OS/c1-17-8-3-2-4-14-7(8)6-18-11-15-9(12)5-10(13)16-11/h2-5H,6H2,1H3,(H2,13,15,16). The Bertz CT molecular complexity index is 532. The van der Waals surface area contributed by atoms with Crippen LogP contribution in [-0.4, -0.2) is 22.1 Å². The van der Waals surface area contributed by atoms with Crippen LogP contribution in [-0.2, 0) is 5.75 Å². The summed E-state index contributed by atoms with van der Waals surface area (Å²) in [5.74, 6) is 1.68. The number of rotatable bonds is 4. The zero-order chi connectivity index (χ0) is 13.0. The number of aromatic nitrogens is 3. The molecule has 0 atom stereocenters. The molecule has 7 heteroatoms. The second kappa shape index (κ2) is 5.88. The zero-order valence-electron chi connectivity index (χ0n) is 9.63. The number of thioether (sulfide) groups is 1. The average Bonchev–Trinajstić information content (AvgIpc) is 2.35. The van der Waals surface area contributed by atoms with Gasteiger partial charge in [-0.2, -0.15) is 0 Å². The lowest BCUT2D eigenvalue weighted by Crippen LogP contribution is -1.97. The third-order valence-electron chi connectivity index (χ3n) is 2.10. The van der Waals surface area contributed by atoms with E-state index in [9.17, 15) is 0 Å². The number of halogens is 1. The summed E-state index contributed by atoms with van der Waals surface area (Å²) in [7, 11) is 1.61. The third kappa shape index (κ3) is 3.24. The summed E-state index contributed by atoms with van der Waals surface area (Å²) in [5.41, 5.74) is 6.42. The lowest BCUT2D eigenvalue weighted by atomic mass is 10.3. The highest BCUT2D eigenvalue weighted by atomic mass is 35.5. The van der Waals surface area contributed by atoms with Crippen molar-refractivity contribution in [2.24, 2.45) is 0 Å². The Morgan fingerprint density at radius 3 is 3.00 bits per heavy atom. The molecule has 0 fully saturated rings. The van der Waals surface area contributed by atoms with E-state index in [1.165, 1.54) is 17.8 Å². The normalized spacial score (nSPS) is 10.3. The molecule has 5 nitrogen and oxygen atoms in total. The van der Waals surface area contributed by atoms with Gasteiger partial charge < -0.3 is 10.5 Å². The molecule has 0 saturated heterocycles. The number of nitrogens with zero attached hydrogens (tertiary/aromatic N) is 3. The molecule has 0 aliphatic carbocycles. The first kappa shape index (κ1) is 12.9. The Labute approximate surface area is 114 Å². The van der Waals surface area contributed by atoms with Gasteiger partial charge in [-0.1, -0.05) is 23.4 Å². The van der Waals surface area contributed by atoms with Crippen LogP contribution in [0, 0.1) is 0 Å². The van der Waals surface area contributed by atoms with E-state index in [0.29, 0.717) is 21.9 Å². The number of hydrogen-bond acceptors (Lipinski definition) is 6. The first-order valence-electron chi connectivity index (χ1n) is 5.10. The smallest absolute Gasteiger partial charge is 0.191 e. The molecular weight excluding hydrogens is 272 g/mol. The van der Waals surface area contributed by atoms with Crippen LogP contribution in [0.5, 0.6) is 5.75 Å². The van der Waals surface area contributed by atoms with Crippen LogP contribution in [0.1, 0.15) is 5.69 Å². The molecule has 94 valence electrons. The van der Waals surface area contributed by atoms with Gasteiger partial charge in [0.05, 0.1) is 12.8 Å². The molecule has 0 amide bonds. The van der Waals surface area contributed by atoms with Crippen molar-refractivity contribution in [3.63, 3.8) is 0 Å². The molecule has 0 spiro atoms. The predicted octanol–water partition coefficient (Wildman–Crippen LogP) is 2.41. The van der Waals surface area contributed by atoms with Crippen LogP contribution in [0.4, 0.5) is 5.82 Å². The largest absolute Gasteiger partial charge is 0.495 e. The Morgan fingerprint density at radius 2 is 2.28 bits per heavy atom. The van der Waals surface area contributed by atoms with Crippen molar-refractivity contribution in [2.75, 3.05) is 12.8 Å². The summed E-state index contributed by atoms with van der Waals surface area (Å²) in [5, 5.41) is 0.852. The first-order chi connectivity index (χ1) is 8.69. The molecule has 0 saturated carbocycles. The van der Waals surface area contributed by atoms with Crippen molar-refractivity contribution in [3.8, 4) is 5.75 Å². The van der Waals surface area contributed by atoms with Gasteiger partial charge >= 0.3 is 0 Å². The summed E-state index contributed by atoms with van der Waals surface area (Å²) in [6.07, 6.45) is 1.71. The first-order valence-corrected chi connectivity index (χ1v) is 6.46. The van der Waals surface area contributed by atoms with E-state index >= 15 is 0 Å². The second-order valence-electron chi connectivity index (χ2n) is 3.34. The molecule has 0 aliphatic heterocycles. The minimum absolute atomic E-state index is 0.331. The van der Waals surface area contributed by atoms with Crippen molar-refractivity contribution < 1.29 is 4.74 Å². The Kier molecular flexibility index (Phi) is 4.22. The number of nitrogens with two attached hydrogens (primary N) is 1. The Hall–Kier alpha value is -1.53. The summed E-state index contributed by atoms with van der Waals surface area (Å²) in [6.45, 7) is 0. The van der Waals surface area contributed by atoms with Gasteiger partial charge in [-0.05, 0) is 12.1 Å². The van der Waals surface area contributed by atoms with Crippen molar-refractivity contribution >= 4 is 29.2 Å². The third-order valence-corrected chi connectivity index (χ3v) is 3.15. The molecule has 2 aromatic heterocycles. The van der Waals surface area contributed by atoms with E-state index in [1.807, 2.05) is 12.1 Å². The number of nitrogen functional groups attached to an aromatic ring is 1. The fourth-order valence-electron chi connectivity index (χ4n) is 1.33. The highest BCUT2D eigenvalue weighted by molar-refractivity contribution is 7.98. The van der Waals surface area contributed by atoms with Crippen molar-refractivity contribution in [1.29, 1.82) is 0 Å². The maximum absolute atomic E-state index is 5.81. The quantitative estimate of drug-likeness (QED) is 0.527. The molecule has 2 aromatic rings. The van der Waals surface area contributed by atoms with E-state index in [0.717, 1.165) is 11.4 Å². The molecule has 0 aliphatic rings. The van der Waals surface area contributed by atoms with Gasteiger partial charge in [0.15, 0.2) is 5.16 Å². The van der Waals surface area contributed by atoms with Gasteiger partial charge in [0, 0.05) is 18.0 Å². The van der Waals surface area contributed by atoms with E-state index in [2.05, 4.69) is 15.0 Å². The SMILES string of the molecule is COc1cccnc1CSc1nc(N)cc(Cl)n1. The van der Waals surface area contributed by atoms with E-state index in [-0.39, 0.29) is 0 Å². The van der Waals surface area contributed by atoms with Crippen LogP contribution in [0.3, 0.4) is 0 Å². The average molecular weight is 283 g/mol. The van der Waals surface area contributed by atoms with Crippen molar-refractivity contribution in [1.82, 2.24) is 15.0 Å². The predicted molar refractivity (Wildman–Crippen MR) is 71.8 cm³/mol. The van der Waals surface area contributed by atoms with Gasteiger partial charge in [-0.25, -0.2) is 9.97 Å². The van der Waals surface area contributed by atoms with Crippen LogP contribution >= 0.6 is 23.4 Å². The fourth-order valence-corrected chi connectivity index (χ4v) is 2.39. The number of pyridine rings is 1. The fraction of sp³-hybridized carbons (Fsp3) is 0.182. The number of methoxy groups -OCH3 is 1. The van der Waals surface area contributed by atoms with E-state index in [4.69, 9.17) is 22.1 Å². The molecule has 2 N–H and O–H groups in total. The maximum Gasteiger partial charge on any atom is 0.191 e. The topological polar surface area (TPSA) is 73.9 Å². The van der Waals surface area contributed by atoms with Gasteiger partial charge in [0.25, 0.3) is 0 Å². The molecule has 2 heterocycles.